The average Bonchev–Trinajstić information content (AvgIpc) is 2.99. The van der Waals surface area contributed by atoms with Gasteiger partial charge in [-0.15, -0.1) is 6.58 Å². The van der Waals surface area contributed by atoms with Crippen LogP contribution in [0, 0.1) is 0 Å². The lowest BCUT2D eigenvalue weighted by molar-refractivity contribution is -0.122. The summed E-state index contributed by atoms with van der Waals surface area (Å²) < 4.78 is 0. The van der Waals surface area contributed by atoms with Crippen molar-refractivity contribution in [2.45, 2.75) is 67.3 Å². The summed E-state index contributed by atoms with van der Waals surface area (Å²) in [6, 6.07) is 0.669. The molecule has 0 spiro atoms. The van der Waals surface area contributed by atoms with Crippen molar-refractivity contribution in [3.63, 3.8) is 0 Å². The van der Waals surface area contributed by atoms with Gasteiger partial charge in [-0.05, 0) is 32.7 Å². The van der Waals surface area contributed by atoms with Crippen LogP contribution in [0.15, 0.2) is 24.8 Å². The zero-order valence-corrected chi connectivity index (χ0v) is 13.9. The van der Waals surface area contributed by atoms with Crippen LogP contribution in [0.1, 0.15) is 61.3 Å². The third-order valence-corrected chi connectivity index (χ3v) is 1.86. The normalized spacial score (nSPS) is 14.3. The quantitative estimate of drug-likeness (QED) is 0.538. The molecule has 1 fully saturated rings. The first-order chi connectivity index (χ1) is 9.76. The molecule has 1 aliphatic rings. The molecular formula is C17H39NO3. The number of aliphatic hydroxyl groups is 1. The van der Waals surface area contributed by atoms with Gasteiger partial charge in [0.05, 0.1) is 6.61 Å². The van der Waals surface area contributed by atoms with Crippen molar-refractivity contribution in [1.82, 2.24) is 5.32 Å². The molecule has 1 atom stereocenters. The molecule has 1 saturated heterocycles. The minimum Gasteiger partial charge on any atom is -0.483 e. The van der Waals surface area contributed by atoms with Gasteiger partial charge < -0.3 is 15.5 Å². The van der Waals surface area contributed by atoms with Crippen molar-refractivity contribution in [3.8, 4) is 0 Å². The average molecular weight is 306 g/mol. The molecule has 0 amide bonds. The molecule has 21 heavy (non-hydrogen) atoms. The van der Waals surface area contributed by atoms with E-state index in [2.05, 4.69) is 11.9 Å². The number of rotatable bonds is 3. The highest BCUT2D eigenvalue weighted by Crippen LogP contribution is 2.08. The highest BCUT2D eigenvalue weighted by Gasteiger charge is 2.10. The van der Waals surface area contributed by atoms with Gasteiger partial charge in [-0.3, -0.25) is 4.79 Å². The molecule has 1 aliphatic heterocycles. The summed E-state index contributed by atoms with van der Waals surface area (Å²) in [6.07, 6.45) is 9.26. The van der Waals surface area contributed by atoms with E-state index in [1.165, 1.54) is 12.8 Å². The van der Waals surface area contributed by atoms with Gasteiger partial charge in [0.1, 0.15) is 0 Å². The van der Waals surface area contributed by atoms with Gasteiger partial charge >= 0.3 is 0 Å². The number of hydrogen-bond acceptors (Lipinski definition) is 3. The van der Waals surface area contributed by atoms with E-state index in [4.69, 9.17) is 15.0 Å². The molecule has 0 aromatic rings. The number of nitrogens with one attached hydrogen (secondary N) is 1. The minimum atomic E-state index is -0.250. The Labute approximate surface area is 133 Å². The summed E-state index contributed by atoms with van der Waals surface area (Å²) in [5, 5.41) is 18.7. The lowest BCUT2D eigenvalue weighted by atomic mass is 10.1. The predicted molar refractivity (Wildman–Crippen MR) is 95.9 cm³/mol. The molecule has 1 rings (SSSR count). The number of hydrogen-bond donors (Lipinski definition) is 3. The molecule has 0 saturated carbocycles. The van der Waals surface area contributed by atoms with E-state index in [-0.39, 0.29) is 20.5 Å². The number of carboxylic acid groups (broad SMARTS) is 1. The Hall–Kier alpha value is -1.13. The highest BCUT2D eigenvalue weighted by atomic mass is 16.3. The zero-order chi connectivity index (χ0) is 16.6. The van der Waals surface area contributed by atoms with Crippen LogP contribution in [0.3, 0.4) is 0 Å². The van der Waals surface area contributed by atoms with Crippen LogP contribution in [0.25, 0.3) is 0 Å². The van der Waals surface area contributed by atoms with Gasteiger partial charge in [-0.25, -0.2) is 0 Å². The van der Waals surface area contributed by atoms with Crippen LogP contribution in [0.2, 0.25) is 0 Å². The second-order valence-corrected chi connectivity index (χ2v) is 3.20. The molecule has 0 radical (unpaired) electrons. The molecule has 0 aromatic heterocycles. The van der Waals surface area contributed by atoms with Gasteiger partial charge in [0, 0.05) is 6.04 Å². The third-order valence-electron chi connectivity index (χ3n) is 1.86. The summed E-state index contributed by atoms with van der Waals surface area (Å²) in [5.74, 6) is 0. The van der Waals surface area contributed by atoms with E-state index in [9.17, 15) is 0 Å². The number of aliphatic hydroxyl groups excluding tert-OH is 1. The molecule has 4 heteroatoms. The van der Waals surface area contributed by atoms with E-state index in [0.717, 1.165) is 13.0 Å². The minimum absolute atomic E-state index is 0. The SMILES string of the molecule is C.C=CC.CC.CC.O=CO.OC/C=C\CC1CCCN1. The Kier molecular flexibility index (Phi) is 65.2. The maximum Gasteiger partial charge on any atom is 0.290 e. The van der Waals surface area contributed by atoms with Crippen LogP contribution in [-0.4, -0.2) is 35.9 Å². The van der Waals surface area contributed by atoms with E-state index >= 15 is 0 Å². The number of carbonyl (C=O) groups is 1. The van der Waals surface area contributed by atoms with Crippen LogP contribution < -0.4 is 5.32 Å². The first-order valence-electron chi connectivity index (χ1n) is 7.40. The van der Waals surface area contributed by atoms with E-state index in [1.54, 1.807) is 12.2 Å². The van der Waals surface area contributed by atoms with Crippen molar-refractivity contribution >= 4 is 6.47 Å². The van der Waals surface area contributed by atoms with E-state index in [0.29, 0.717) is 6.04 Å². The first-order valence-corrected chi connectivity index (χ1v) is 7.40. The van der Waals surface area contributed by atoms with E-state index in [1.807, 2.05) is 40.7 Å². The van der Waals surface area contributed by atoms with Gasteiger partial charge in [-0.1, -0.05) is 53.3 Å². The summed E-state index contributed by atoms with van der Waals surface area (Å²) >= 11 is 0. The van der Waals surface area contributed by atoms with E-state index < -0.39 is 0 Å². The summed E-state index contributed by atoms with van der Waals surface area (Å²) in [4.78, 5) is 8.36. The topological polar surface area (TPSA) is 69.6 Å². The second-order valence-electron chi connectivity index (χ2n) is 3.20. The van der Waals surface area contributed by atoms with Gasteiger partial charge in [-0.2, -0.15) is 0 Å². The molecular weight excluding hydrogens is 266 g/mol. The Balaban J connectivity index is -0.0000000660. The largest absolute Gasteiger partial charge is 0.483 e. The van der Waals surface area contributed by atoms with Crippen molar-refractivity contribution in [2.24, 2.45) is 0 Å². The van der Waals surface area contributed by atoms with Crippen molar-refractivity contribution in [1.29, 1.82) is 0 Å². The predicted octanol–water partition coefficient (Wildman–Crippen LogP) is 4.26. The third kappa shape index (κ3) is 45.5. The molecule has 1 heterocycles. The molecule has 130 valence electrons. The molecule has 3 N–H and O–H groups in total. The first kappa shape index (κ1) is 32.0. The molecule has 0 bridgehead atoms. The molecule has 4 nitrogen and oxygen atoms in total. The van der Waals surface area contributed by atoms with Crippen molar-refractivity contribution in [2.75, 3.05) is 13.2 Å². The summed E-state index contributed by atoms with van der Waals surface area (Å²) in [6.45, 7) is 14.3. The molecule has 1 unspecified atom stereocenters. The van der Waals surface area contributed by atoms with Crippen LogP contribution in [-0.2, 0) is 4.79 Å². The van der Waals surface area contributed by atoms with Crippen LogP contribution in [0.4, 0.5) is 0 Å². The standard InChI is InChI=1S/C8H15NO.C3H6.2C2H6.CH2O2.CH4/c10-7-2-1-4-8-5-3-6-9-8;1-3-2;2*1-2;2-1-3;/h1-2,8-10H,3-7H2;3H,1H2,2H3;2*1-2H3;1H,(H,2,3);1H4/b2-1-;;;;;. The maximum atomic E-state index is 8.43. The fraction of sp³-hybridized carbons (Fsp3) is 0.706. The van der Waals surface area contributed by atoms with Crippen molar-refractivity contribution < 1.29 is 15.0 Å². The number of allylic oxidation sites excluding steroid dienone is 1. The van der Waals surface area contributed by atoms with Crippen LogP contribution in [0.5, 0.6) is 0 Å². The van der Waals surface area contributed by atoms with Crippen molar-refractivity contribution in [3.05, 3.63) is 24.8 Å². The Morgan fingerprint density at radius 1 is 1.24 bits per heavy atom. The van der Waals surface area contributed by atoms with Gasteiger partial charge in [0.15, 0.2) is 0 Å². The smallest absolute Gasteiger partial charge is 0.290 e. The fourth-order valence-electron chi connectivity index (χ4n) is 1.29. The Bertz CT molecular complexity index is 171. The monoisotopic (exact) mass is 305 g/mol. The lowest BCUT2D eigenvalue weighted by Gasteiger charge is -2.04. The summed E-state index contributed by atoms with van der Waals surface area (Å²) in [7, 11) is 0. The van der Waals surface area contributed by atoms with Gasteiger partial charge in [0.2, 0.25) is 0 Å². The van der Waals surface area contributed by atoms with Gasteiger partial charge in [0.25, 0.3) is 6.47 Å². The Morgan fingerprint density at radius 2 is 1.67 bits per heavy atom. The van der Waals surface area contributed by atoms with Crippen LogP contribution >= 0.6 is 0 Å². The lowest BCUT2D eigenvalue weighted by Crippen LogP contribution is -2.19. The maximum absolute atomic E-state index is 8.43. The fourth-order valence-corrected chi connectivity index (χ4v) is 1.29. The second kappa shape index (κ2) is 42.8. The highest BCUT2D eigenvalue weighted by molar-refractivity contribution is 5.32. The zero-order valence-electron chi connectivity index (χ0n) is 13.9. The molecule has 0 aromatic carbocycles. The Morgan fingerprint density at radius 3 is 1.95 bits per heavy atom. The summed E-state index contributed by atoms with van der Waals surface area (Å²) in [5.41, 5.74) is 0. The molecule has 0 aliphatic carbocycles.